The van der Waals surface area contributed by atoms with Gasteiger partial charge >= 0.3 is 0 Å². The summed E-state index contributed by atoms with van der Waals surface area (Å²) < 4.78 is 36.0. The minimum Gasteiger partial charge on any atom is -0.351 e. The number of sulfonamides is 1. The van der Waals surface area contributed by atoms with Gasteiger partial charge in [-0.3, -0.25) is 9.63 Å². The van der Waals surface area contributed by atoms with Gasteiger partial charge in [0.1, 0.15) is 12.4 Å². The normalized spacial score (nSPS) is 15.2. The molecule has 1 aliphatic rings. The van der Waals surface area contributed by atoms with Crippen molar-refractivity contribution in [1.82, 2.24) is 10.2 Å². The number of rotatable bonds is 6. The van der Waals surface area contributed by atoms with Gasteiger partial charge < -0.3 is 5.32 Å². The van der Waals surface area contributed by atoms with Gasteiger partial charge in [-0.25, -0.2) is 12.8 Å². The molecule has 104 valence electrons. The molecule has 2 rings (SSSR count). The van der Waals surface area contributed by atoms with Gasteiger partial charge in [0.2, 0.25) is 5.91 Å². The Hall–Kier alpha value is -1.51. The highest BCUT2D eigenvalue weighted by atomic mass is 32.2. The summed E-state index contributed by atoms with van der Waals surface area (Å²) in [5.41, 5.74) is 0. The van der Waals surface area contributed by atoms with Gasteiger partial charge in [0.25, 0.3) is 10.0 Å². The first-order valence-corrected chi connectivity index (χ1v) is 7.14. The number of nitrogens with one attached hydrogen (secondary N) is 2. The van der Waals surface area contributed by atoms with Crippen LogP contribution in [0.3, 0.4) is 0 Å². The smallest absolute Gasteiger partial charge is 0.262 e. The highest BCUT2D eigenvalue weighted by Gasteiger charge is 2.23. The van der Waals surface area contributed by atoms with Crippen LogP contribution in [0.5, 0.6) is 0 Å². The highest BCUT2D eigenvalue weighted by molar-refractivity contribution is 7.89. The van der Waals surface area contributed by atoms with Crippen molar-refractivity contribution in [3.05, 3.63) is 30.1 Å². The second-order valence-corrected chi connectivity index (χ2v) is 5.82. The highest BCUT2D eigenvalue weighted by Crippen LogP contribution is 2.18. The first kappa shape index (κ1) is 13.9. The topological polar surface area (TPSA) is 84.5 Å². The van der Waals surface area contributed by atoms with Gasteiger partial charge in [-0.2, -0.15) is 0 Å². The van der Waals surface area contributed by atoms with E-state index in [1.807, 2.05) is 4.89 Å². The van der Waals surface area contributed by atoms with E-state index in [9.17, 15) is 17.6 Å². The van der Waals surface area contributed by atoms with E-state index >= 15 is 0 Å². The Kier molecular flexibility index (Phi) is 4.13. The van der Waals surface area contributed by atoms with Crippen LogP contribution in [0.2, 0.25) is 0 Å². The molecular weight excluding hydrogens is 275 g/mol. The lowest BCUT2D eigenvalue weighted by atomic mass is 10.4. The van der Waals surface area contributed by atoms with Crippen LogP contribution in [0.25, 0.3) is 0 Å². The molecule has 2 N–H and O–H groups in total. The summed E-state index contributed by atoms with van der Waals surface area (Å²) in [6.45, 7) is -0.406. The quantitative estimate of drug-likeness (QED) is 0.738. The molecule has 0 saturated heterocycles. The van der Waals surface area contributed by atoms with Crippen LogP contribution in [0.4, 0.5) is 4.39 Å². The number of carbonyl (C=O) groups excluding carboxylic acids is 1. The zero-order chi connectivity index (χ0) is 13.9. The van der Waals surface area contributed by atoms with Crippen molar-refractivity contribution in [3.63, 3.8) is 0 Å². The van der Waals surface area contributed by atoms with Gasteiger partial charge in [0.15, 0.2) is 0 Å². The molecule has 0 unspecified atom stereocenters. The van der Waals surface area contributed by atoms with Crippen LogP contribution in [-0.4, -0.2) is 27.0 Å². The average molecular weight is 288 g/mol. The zero-order valence-electron chi connectivity index (χ0n) is 9.93. The monoisotopic (exact) mass is 288 g/mol. The van der Waals surface area contributed by atoms with Crippen LogP contribution in [0.15, 0.2) is 29.2 Å². The average Bonchev–Trinajstić information content (AvgIpc) is 3.13. The van der Waals surface area contributed by atoms with Crippen LogP contribution in [-0.2, 0) is 19.7 Å². The fourth-order valence-electron chi connectivity index (χ4n) is 1.33. The lowest BCUT2D eigenvalue weighted by Gasteiger charge is -2.07. The summed E-state index contributed by atoms with van der Waals surface area (Å²) in [4.78, 5) is 17.5. The predicted molar refractivity (Wildman–Crippen MR) is 63.8 cm³/mol. The van der Waals surface area contributed by atoms with E-state index in [2.05, 4.69) is 10.2 Å². The molecule has 1 saturated carbocycles. The standard InChI is InChI=1S/C11H13FN2O4S/c12-8-1-5-10(6-2-8)19(16,17)14-18-7-11(15)13-9-3-4-9/h1-2,5-6,9,14H,3-4,7H2,(H,13,15). The molecule has 1 aliphatic carbocycles. The van der Waals surface area contributed by atoms with E-state index in [0.717, 1.165) is 37.1 Å². The van der Waals surface area contributed by atoms with Crippen molar-refractivity contribution >= 4 is 15.9 Å². The molecule has 1 amide bonds. The Bertz CT molecular complexity index is 555. The largest absolute Gasteiger partial charge is 0.351 e. The number of amides is 1. The van der Waals surface area contributed by atoms with Crippen molar-refractivity contribution in [2.45, 2.75) is 23.8 Å². The summed E-state index contributed by atoms with van der Waals surface area (Å²) >= 11 is 0. The fourth-order valence-corrected chi connectivity index (χ4v) is 2.14. The van der Waals surface area contributed by atoms with E-state index in [0.29, 0.717) is 0 Å². The predicted octanol–water partition coefficient (Wildman–Crippen LogP) is 0.314. The molecule has 0 radical (unpaired) electrons. The molecule has 0 atom stereocenters. The van der Waals surface area contributed by atoms with Gasteiger partial charge in [-0.1, -0.05) is 4.89 Å². The summed E-state index contributed by atoms with van der Waals surface area (Å²) in [5, 5.41) is 2.64. The molecular formula is C11H13FN2O4S. The molecule has 0 heterocycles. The number of hydrogen-bond acceptors (Lipinski definition) is 4. The first-order chi connectivity index (χ1) is 8.97. The SMILES string of the molecule is O=C(CONS(=O)(=O)c1ccc(F)cc1)NC1CC1. The van der Waals surface area contributed by atoms with Crippen molar-refractivity contribution in [2.24, 2.45) is 0 Å². The molecule has 1 fully saturated rings. The van der Waals surface area contributed by atoms with E-state index in [-0.39, 0.29) is 16.8 Å². The number of carbonyl (C=O) groups is 1. The summed E-state index contributed by atoms with van der Waals surface area (Å²) in [7, 11) is -3.90. The van der Waals surface area contributed by atoms with Gasteiger partial charge in [-0.05, 0) is 37.1 Å². The number of halogens is 1. The third-order valence-corrected chi connectivity index (χ3v) is 3.67. The third-order valence-electron chi connectivity index (χ3n) is 2.44. The maximum absolute atomic E-state index is 12.7. The molecule has 0 aliphatic heterocycles. The van der Waals surface area contributed by atoms with Gasteiger partial charge in [-0.15, -0.1) is 0 Å². The summed E-state index contributed by atoms with van der Waals surface area (Å²) in [5.74, 6) is -0.923. The van der Waals surface area contributed by atoms with Crippen molar-refractivity contribution < 1.29 is 22.4 Å². The molecule has 6 nitrogen and oxygen atoms in total. The van der Waals surface area contributed by atoms with E-state index in [1.165, 1.54) is 0 Å². The van der Waals surface area contributed by atoms with Crippen molar-refractivity contribution in [2.75, 3.05) is 6.61 Å². The number of benzene rings is 1. The van der Waals surface area contributed by atoms with E-state index < -0.39 is 22.4 Å². The van der Waals surface area contributed by atoms with Crippen LogP contribution in [0.1, 0.15) is 12.8 Å². The van der Waals surface area contributed by atoms with Crippen molar-refractivity contribution in [3.8, 4) is 0 Å². The van der Waals surface area contributed by atoms with E-state index in [1.54, 1.807) is 0 Å². The Morgan fingerprint density at radius 3 is 2.53 bits per heavy atom. The molecule has 0 spiro atoms. The van der Waals surface area contributed by atoms with Crippen LogP contribution < -0.4 is 10.2 Å². The maximum Gasteiger partial charge on any atom is 0.262 e. The Labute approximate surface area is 110 Å². The Morgan fingerprint density at radius 2 is 1.95 bits per heavy atom. The molecule has 8 heteroatoms. The minimum atomic E-state index is -3.90. The molecule has 1 aromatic carbocycles. The first-order valence-electron chi connectivity index (χ1n) is 5.66. The third kappa shape index (κ3) is 4.27. The van der Waals surface area contributed by atoms with Crippen LogP contribution >= 0.6 is 0 Å². The Morgan fingerprint density at radius 1 is 1.32 bits per heavy atom. The second kappa shape index (κ2) is 5.64. The van der Waals surface area contributed by atoms with Crippen molar-refractivity contribution in [1.29, 1.82) is 0 Å². The Balaban J connectivity index is 1.83. The molecule has 19 heavy (non-hydrogen) atoms. The minimum absolute atomic E-state index is 0.142. The maximum atomic E-state index is 12.7. The van der Waals surface area contributed by atoms with Crippen LogP contribution in [0, 0.1) is 5.82 Å². The second-order valence-electron chi connectivity index (χ2n) is 4.17. The summed E-state index contributed by atoms with van der Waals surface area (Å²) in [6.07, 6.45) is 1.88. The molecule has 0 bridgehead atoms. The van der Waals surface area contributed by atoms with Gasteiger partial charge in [0.05, 0.1) is 4.90 Å². The lowest BCUT2D eigenvalue weighted by molar-refractivity contribution is -0.126. The molecule has 0 aromatic heterocycles. The van der Waals surface area contributed by atoms with Gasteiger partial charge in [0, 0.05) is 6.04 Å². The van der Waals surface area contributed by atoms with E-state index in [4.69, 9.17) is 0 Å². The fraction of sp³-hybridized carbons (Fsp3) is 0.364. The summed E-state index contributed by atoms with van der Waals surface area (Å²) in [6, 6.07) is 4.43. The molecule has 1 aromatic rings. The lowest BCUT2D eigenvalue weighted by Crippen LogP contribution is -2.34. The zero-order valence-corrected chi connectivity index (χ0v) is 10.7. The number of hydrogen-bond donors (Lipinski definition) is 2.